The first-order valence-electron chi connectivity index (χ1n) is 22.2. The molecule has 4 aliphatic rings. The van der Waals surface area contributed by atoms with E-state index in [1.54, 1.807) is 33.0 Å². The molecule has 15 nitrogen and oxygen atoms in total. The highest BCUT2D eigenvalue weighted by atomic mass is 35.5. The van der Waals surface area contributed by atoms with Crippen LogP contribution in [0.2, 0.25) is 0 Å². The van der Waals surface area contributed by atoms with Crippen molar-refractivity contribution in [3.8, 4) is 17.2 Å². The second-order valence-electron chi connectivity index (χ2n) is 16.8. The molecule has 0 aliphatic carbocycles. The summed E-state index contributed by atoms with van der Waals surface area (Å²) in [7, 11) is 6.51. The maximum Gasteiger partial charge on any atom is 0.416 e. The van der Waals surface area contributed by atoms with E-state index in [1.807, 2.05) is 62.5 Å². The number of fused-ring (bicyclic) bond motifs is 5. The lowest BCUT2D eigenvalue weighted by Gasteiger charge is -2.32. The van der Waals surface area contributed by atoms with Crippen LogP contribution < -0.4 is 24.0 Å². The van der Waals surface area contributed by atoms with Crippen molar-refractivity contribution >= 4 is 79.3 Å². The molecule has 0 saturated carbocycles. The van der Waals surface area contributed by atoms with Crippen LogP contribution >= 0.6 is 33.2 Å². The van der Waals surface area contributed by atoms with Crippen LogP contribution in [-0.2, 0) is 9.53 Å². The van der Waals surface area contributed by atoms with Crippen LogP contribution in [-0.4, -0.2) is 139 Å². The van der Waals surface area contributed by atoms with Gasteiger partial charge in [0, 0.05) is 86.5 Å². The van der Waals surface area contributed by atoms with E-state index in [0.29, 0.717) is 87.1 Å². The zero-order chi connectivity index (χ0) is 45.6. The van der Waals surface area contributed by atoms with Crippen LogP contribution in [0, 0.1) is 0 Å². The number of anilines is 2. The van der Waals surface area contributed by atoms with E-state index in [2.05, 4.69) is 9.88 Å². The normalized spacial score (nSPS) is 20.0. The maximum absolute atomic E-state index is 13.9. The van der Waals surface area contributed by atoms with Gasteiger partial charge in [-0.15, -0.1) is 11.6 Å². The van der Waals surface area contributed by atoms with Gasteiger partial charge in [-0.1, -0.05) is 41.1 Å². The van der Waals surface area contributed by atoms with E-state index < -0.39 is 24.5 Å². The molecule has 0 bridgehead atoms. The monoisotopic (exact) mass is 946 g/mol. The number of pyridine rings is 1. The van der Waals surface area contributed by atoms with E-state index in [0.717, 1.165) is 34.5 Å². The van der Waals surface area contributed by atoms with Crippen molar-refractivity contribution in [2.75, 3.05) is 82.3 Å². The quantitative estimate of drug-likeness (QED) is 0.0696. The highest BCUT2D eigenvalue weighted by Gasteiger charge is 2.45. The van der Waals surface area contributed by atoms with Crippen LogP contribution in [0.5, 0.6) is 17.2 Å². The molecule has 3 aromatic carbocycles. The molecule has 0 radical (unpaired) electrons. The highest BCUT2D eigenvalue weighted by molar-refractivity contribution is 8.76. The van der Waals surface area contributed by atoms with Crippen LogP contribution in [0.3, 0.4) is 0 Å². The van der Waals surface area contributed by atoms with Gasteiger partial charge < -0.3 is 43.7 Å². The van der Waals surface area contributed by atoms with Crippen molar-refractivity contribution in [2.24, 2.45) is 0 Å². The van der Waals surface area contributed by atoms with Crippen LogP contribution in [0.25, 0.3) is 10.8 Å². The molecule has 4 aromatic rings. The summed E-state index contributed by atoms with van der Waals surface area (Å²) in [5, 5.41) is 14.2. The molecule has 0 spiro atoms. The van der Waals surface area contributed by atoms with Gasteiger partial charge in [-0.05, 0) is 86.0 Å². The lowest BCUT2D eigenvalue weighted by Crippen LogP contribution is -2.51. The molecule has 346 valence electrons. The minimum atomic E-state index is -1.34. The SMILES string of the molecule is COc1cc2c(cc1OCCCCCC(=O)N1C[C@@H](CCl)c3c1cc(OC(=O)N1CCN(C)CC1)c1ccccc31)N(C(=O)OCC(C)SSc1ccccn1)C(O)[C@@H]1CCCN1C2=O. The van der Waals surface area contributed by atoms with Gasteiger partial charge in [-0.2, -0.15) is 0 Å². The van der Waals surface area contributed by atoms with Crippen molar-refractivity contribution in [2.45, 2.75) is 73.9 Å². The van der Waals surface area contributed by atoms with Gasteiger partial charge in [-0.25, -0.2) is 19.5 Å². The number of rotatable bonds is 15. The fraction of sp³-hybridized carbons (Fsp3) is 0.468. The zero-order valence-electron chi connectivity index (χ0n) is 36.9. The fourth-order valence-electron chi connectivity index (χ4n) is 8.92. The number of ether oxygens (including phenoxy) is 4. The number of aliphatic hydroxyl groups is 1. The molecule has 4 atom stereocenters. The smallest absolute Gasteiger partial charge is 0.416 e. The molecule has 2 saturated heterocycles. The van der Waals surface area contributed by atoms with Crippen molar-refractivity contribution < 1.29 is 43.2 Å². The average molecular weight is 948 g/mol. The third kappa shape index (κ3) is 10.2. The van der Waals surface area contributed by atoms with E-state index in [-0.39, 0.29) is 53.9 Å². The number of carbonyl (C=O) groups excluding carboxylic acids is 4. The first-order chi connectivity index (χ1) is 31.6. The van der Waals surface area contributed by atoms with Gasteiger partial charge in [0.25, 0.3) is 5.91 Å². The maximum atomic E-state index is 13.9. The standard InChI is InChI=1S/C47H55ClN6O9S2/c1-30(64-65-41-15-8-9-17-49-41)29-62-47(59)54-36-25-40(39(60-3)24-34(36)44(56)52-18-11-14-35(52)45(54)57)61-23-10-4-5-16-42(55)53-28-31(27-48)43-33-13-7-6-12-32(33)38(26-37(43)53)63-46(58)51-21-19-50(2)20-22-51/h6-9,12-13,15,17,24-26,30-31,35,45,57H,4-5,10-11,14,16,18-23,27-29H2,1-3H3/t30?,31-,35+,45?/m1/s1. The molecule has 18 heteroatoms. The Balaban J connectivity index is 0.908. The number of halogens is 1. The molecule has 1 N–H and O–H groups in total. The molecule has 2 fully saturated rings. The number of amides is 4. The van der Waals surface area contributed by atoms with E-state index in [4.69, 9.17) is 30.5 Å². The Kier molecular flexibility index (Phi) is 15.1. The van der Waals surface area contributed by atoms with E-state index in [1.165, 1.54) is 33.6 Å². The molecule has 1 aromatic heterocycles. The molecule has 65 heavy (non-hydrogen) atoms. The highest BCUT2D eigenvalue weighted by Crippen LogP contribution is 2.46. The Labute approximate surface area is 392 Å². The first kappa shape index (κ1) is 46.6. The van der Waals surface area contributed by atoms with Crippen LogP contribution in [0.4, 0.5) is 21.0 Å². The van der Waals surface area contributed by atoms with Crippen molar-refractivity contribution in [3.05, 3.63) is 78.0 Å². The third-order valence-electron chi connectivity index (χ3n) is 12.4. The lowest BCUT2D eigenvalue weighted by molar-refractivity contribution is -0.118. The Bertz CT molecular complexity index is 2370. The molecule has 2 unspecified atom stereocenters. The molecule has 5 heterocycles. The van der Waals surface area contributed by atoms with E-state index in [9.17, 15) is 24.3 Å². The van der Waals surface area contributed by atoms with Crippen LogP contribution in [0.1, 0.15) is 67.3 Å². The predicted molar refractivity (Wildman–Crippen MR) is 253 cm³/mol. The summed E-state index contributed by atoms with van der Waals surface area (Å²) in [6, 6.07) is 17.8. The summed E-state index contributed by atoms with van der Waals surface area (Å²) in [5.41, 5.74) is 2.08. The molecule has 8 rings (SSSR count). The number of benzene rings is 3. The summed E-state index contributed by atoms with van der Waals surface area (Å²) in [6.07, 6.45) is 2.57. The first-order valence-corrected chi connectivity index (χ1v) is 24.9. The Hall–Kier alpha value is -4.94. The summed E-state index contributed by atoms with van der Waals surface area (Å²) >= 11 is 6.52. The minimum Gasteiger partial charge on any atom is -0.493 e. The second-order valence-corrected chi connectivity index (χ2v) is 19.7. The van der Waals surface area contributed by atoms with Crippen molar-refractivity contribution in [1.82, 2.24) is 19.7 Å². The number of hydrogen-bond donors (Lipinski definition) is 1. The number of aliphatic hydroxyl groups excluding tert-OH is 1. The fourth-order valence-corrected chi connectivity index (χ4v) is 11.0. The van der Waals surface area contributed by atoms with Gasteiger partial charge in [0.1, 0.15) is 17.4 Å². The minimum absolute atomic E-state index is 0.0468. The second kappa shape index (κ2) is 21.1. The Morgan fingerprint density at radius 1 is 0.923 bits per heavy atom. The Morgan fingerprint density at radius 2 is 1.69 bits per heavy atom. The lowest BCUT2D eigenvalue weighted by atomic mass is 9.95. The van der Waals surface area contributed by atoms with Gasteiger partial charge in [0.15, 0.2) is 17.7 Å². The van der Waals surface area contributed by atoms with Gasteiger partial charge >= 0.3 is 12.2 Å². The number of aromatic nitrogens is 1. The predicted octanol–water partition coefficient (Wildman–Crippen LogP) is 8.01. The van der Waals surface area contributed by atoms with Crippen molar-refractivity contribution in [3.63, 3.8) is 0 Å². The number of likely N-dealkylation sites (N-methyl/N-ethyl adjacent to an activating group) is 1. The topological polar surface area (TPSA) is 155 Å². The number of nitrogens with zero attached hydrogens (tertiary/aromatic N) is 6. The zero-order valence-corrected chi connectivity index (χ0v) is 39.2. The summed E-state index contributed by atoms with van der Waals surface area (Å²) < 4.78 is 23.7. The van der Waals surface area contributed by atoms with Crippen molar-refractivity contribution in [1.29, 1.82) is 0 Å². The van der Waals surface area contributed by atoms with Gasteiger partial charge in [-0.3, -0.25) is 9.59 Å². The van der Waals surface area contributed by atoms with Gasteiger partial charge in [0.2, 0.25) is 5.91 Å². The molecule has 4 amide bonds. The number of methoxy groups -OCH3 is 1. The largest absolute Gasteiger partial charge is 0.493 e. The summed E-state index contributed by atoms with van der Waals surface area (Å²) in [6.45, 7) is 5.84. The number of piperazine rings is 1. The molecular weight excluding hydrogens is 892 g/mol. The average Bonchev–Trinajstić information content (AvgIpc) is 3.96. The Morgan fingerprint density at radius 3 is 2.45 bits per heavy atom. The summed E-state index contributed by atoms with van der Waals surface area (Å²) in [5.74, 6) is 0.928. The summed E-state index contributed by atoms with van der Waals surface area (Å²) in [4.78, 5) is 67.8. The van der Waals surface area contributed by atoms with Crippen LogP contribution in [0.15, 0.2) is 71.9 Å². The number of unbranched alkanes of at least 4 members (excludes halogenated alkanes) is 2. The van der Waals surface area contributed by atoms with Gasteiger partial charge in [0.05, 0.1) is 36.7 Å². The number of alkyl halides is 1. The molecular formula is C47H55ClN6O9S2. The third-order valence-corrected chi connectivity index (χ3v) is 15.5. The van der Waals surface area contributed by atoms with E-state index >= 15 is 0 Å². The molecule has 4 aliphatic heterocycles. The number of carbonyl (C=O) groups is 4. The number of hydrogen-bond acceptors (Lipinski definition) is 13.